The molecule has 0 radical (unpaired) electrons. The average Bonchev–Trinajstić information content (AvgIpc) is 3.30. The molecule has 0 bridgehead atoms. The Morgan fingerprint density at radius 1 is 1.03 bits per heavy atom. The van der Waals surface area contributed by atoms with Crippen LogP contribution in [0.15, 0.2) is 60.7 Å². The first kappa shape index (κ1) is 24.9. The summed E-state index contributed by atoms with van der Waals surface area (Å²) in [7, 11) is -3.20. The van der Waals surface area contributed by atoms with E-state index in [9.17, 15) is 22.8 Å². The quantitative estimate of drug-likeness (QED) is 0.523. The van der Waals surface area contributed by atoms with E-state index in [4.69, 9.17) is 0 Å². The SMILES string of the molecule is CC(C)CN(C(=O)CN1C(=O)C(c2ccccc2)N(Cc2ccccc2)C1=O)C1CCS(=O)(=O)C1. The highest BCUT2D eigenvalue weighted by Crippen LogP contribution is 2.33. The van der Waals surface area contributed by atoms with Crippen LogP contribution in [-0.2, 0) is 26.0 Å². The number of benzene rings is 2. The molecule has 4 rings (SSSR count). The van der Waals surface area contributed by atoms with E-state index in [-0.39, 0.29) is 24.0 Å². The van der Waals surface area contributed by atoms with Gasteiger partial charge in [-0.05, 0) is 23.5 Å². The number of hydrogen-bond donors (Lipinski definition) is 0. The Labute approximate surface area is 206 Å². The van der Waals surface area contributed by atoms with Crippen molar-refractivity contribution in [3.05, 3.63) is 71.8 Å². The van der Waals surface area contributed by atoms with Crippen LogP contribution in [-0.4, -0.2) is 71.6 Å². The predicted molar refractivity (Wildman–Crippen MR) is 132 cm³/mol. The standard InChI is InChI=1S/C26H31N3O5S/c1-19(2)15-27(22-13-14-35(33,34)18-22)23(30)17-29-25(31)24(21-11-7-4-8-12-21)28(26(29)32)16-20-9-5-3-6-10-20/h3-12,19,22,24H,13-18H2,1-2H3. The minimum atomic E-state index is -3.20. The summed E-state index contributed by atoms with van der Waals surface area (Å²) in [5.74, 6) is -0.786. The molecular formula is C26H31N3O5S. The summed E-state index contributed by atoms with van der Waals surface area (Å²) in [6.07, 6.45) is 0.370. The van der Waals surface area contributed by atoms with E-state index >= 15 is 0 Å². The lowest BCUT2D eigenvalue weighted by Gasteiger charge is -2.31. The van der Waals surface area contributed by atoms with Gasteiger partial charge in [0.1, 0.15) is 12.6 Å². The van der Waals surface area contributed by atoms with E-state index in [0.717, 1.165) is 10.5 Å². The average molecular weight is 498 g/mol. The molecule has 35 heavy (non-hydrogen) atoms. The molecule has 2 unspecified atom stereocenters. The molecule has 0 aliphatic carbocycles. The Morgan fingerprint density at radius 2 is 1.66 bits per heavy atom. The normalized spacial score (nSPS) is 21.7. The van der Waals surface area contributed by atoms with E-state index in [1.807, 2.05) is 62.4 Å². The highest BCUT2D eigenvalue weighted by molar-refractivity contribution is 7.91. The van der Waals surface area contributed by atoms with Crippen molar-refractivity contribution in [3.63, 3.8) is 0 Å². The Morgan fingerprint density at radius 3 is 2.23 bits per heavy atom. The van der Waals surface area contributed by atoms with Crippen molar-refractivity contribution in [2.24, 2.45) is 5.92 Å². The Bertz CT molecular complexity index is 1180. The lowest BCUT2D eigenvalue weighted by atomic mass is 10.1. The third-order valence-corrected chi connectivity index (χ3v) is 8.17. The van der Waals surface area contributed by atoms with Gasteiger partial charge in [0.25, 0.3) is 5.91 Å². The van der Waals surface area contributed by atoms with E-state index in [1.54, 1.807) is 17.0 Å². The summed E-state index contributed by atoms with van der Waals surface area (Å²) >= 11 is 0. The van der Waals surface area contributed by atoms with E-state index in [0.29, 0.717) is 18.5 Å². The number of carbonyl (C=O) groups excluding carboxylic acids is 3. The Hall–Kier alpha value is -3.20. The van der Waals surface area contributed by atoms with Gasteiger partial charge >= 0.3 is 6.03 Å². The van der Waals surface area contributed by atoms with Crippen LogP contribution < -0.4 is 0 Å². The maximum absolute atomic E-state index is 13.5. The minimum Gasteiger partial charge on any atom is -0.337 e. The second kappa shape index (κ2) is 10.2. The number of hydrogen-bond acceptors (Lipinski definition) is 5. The van der Waals surface area contributed by atoms with Gasteiger partial charge in [0, 0.05) is 19.1 Å². The fraction of sp³-hybridized carbons (Fsp3) is 0.423. The lowest BCUT2D eigenvalue weighted by molar-refractivity contribution is -0.139. The highest BCUT2D eigenvalue weighted by Gasteiger charge is 2.47. The second-order valence-corrected chi connectivity index (χ2v) is 11.9. The number of rotatable bonds is 8. The zero-order valence-corrected chi connectivity index (χ0v) is 20.9. The number of sulfone groups is 1. The van der Waals surface area contributed by atoms with Gasteiger partial charge in [0.05, 0.1) is 11.5 Å². The zero-order chi connectivity index (χ0) is 25.2. The molecule has 2 aromatic rings. The molecule has 2 aliphatic heterocycles. The van der Waals surface area contributed by atoms with Gasteiger partial charge in [0.2, 0.25) is 5.91 Å². The van der Waals surface area contributed by atoms with Gasteiger partial charge in [-0.25, -0.2) is 13.2 Å². The van der Waals surface area contributed by atoms with Crippen LogP contribution in [0.3, 0.4) is 0 Å². The zero-order valence-electron chi connectivity index (χ0n) is 20.0. The molecule has 0 N–H and O–H groups in total. The van der Waals surface area contributed by atoms with Crippen LogP contribution >= 0.6 is 0 Å². The van der Waals surface area contributed by atoms with Gasteiger partial charge in [-0.3, -0.25) is 14.5 Å². The van der Waals surface area contributed by atoms with Crippen molar-refractivity contribution in [2.45, 2.75) is 38.9 Å². The molecule has 0 spiro atoms. The summed E-state index contributed by atoms with van der Waals surface area (Å²) in [5.41, 5.74) is 1.55. The summed E-state index contributed by atoms with van der Waals surface area (Å²) in [4.78, 5) is 44.4. The maximum Gasteiger partial charge on any atom is 0.328 e. The molecule has 4 amide bonds. The first-order valence-electron chi connectivity index (χ1n) is 11.9. The van der Waals surface area contributed by atoms with E-state index < -0.39 is 46.3 Å². The number of carbonyl (C=O) groups is 3. The largest absolute Gasteiger partial charge is 0.337 e. The van der Waals surface area contributed by atoms with Crippen molar-refractivity contribution in [2.75, 3.05) is 24.6 Å². The molecule has 2 heterocycles. The van der Waals surface area contributed by atoms with Crippen LogP contribution in [0.25, 0.3) is 0 Å². The van der Waals surface area contributed by atoms with E-state index in [2.05, 4.69) is 0 Å². The number of urea groups is 1. The van der Waals surface area contributed by atoms with Gasteiger partial charge in [-0.1, -0.05) is 74.5 Å². The molecule has 8 nitrogen and oxygen atoms in total. The Balaban J connectivity index is 1.60. The molecule has 2 saturated heterocycles. The molecule has 0 aromatic heterocycles. The molecule has 2 fully saturated rings. The first-order chi connectivity index (χ1) is 16.7. The van der Waals surface area contributed by atoms with Crippen LogP contribution in [0.1, 0.15) is 37.4 Å². The molecule has 0 saturated carbocycles. The van der Waals surface area contributed by atoms with Crippen LogP contribution in [0.2, 0.25) is 0 Å². The topological polar surface area (TPSA) is 95.1 Å². The third kappa shape index (κ3) is 5.56. The fourth-order valence-corrected chi connectivity index (χ4v) is 6.51. The van der Waals surface area contributed by atoms with Gasteiger partial charge in [-0.15, -0.1) is 0 Å². The fourth-order valence-electron chi connectivity index (χ4n) is 4.78. The monoisotopic (exact) mass is 497 g/mol. The van der Waals surface area contributed by atoms with Gasteiger partial charge in [-0.2, -0.15) is 0 Å². The Kier molecular flexibility index (Phi) is 7.25. The summed E-state index contributed by atoms with van der Waals surface area (Å²) in [5, 5.41) is 0. The molecule has 2 aromatic carbocycles. The summed E-state index contributed by atoms with van der Waals surface area (Å²) in [6.45, 7) is 4.08. The molecular weight excluding hydrogens is 466 g/mol. The van der Waals surface area contributed by atoms with Crippen molar-refractivity contribution in [3.8, 4) is 0 Å². The smallest absolute Gasteiger partial charge is 0.328 e. The molecule has 2 atom stereocenters. The van der Waals surface area contributed by atoms with Gasteiger partial charge < -0.3 is 9.80 Å². The molecule has 186 valence electrons. The van der Waals surface area contributed by atoms with Crippen LogP contribution in [0.4, 0.5) is 4.79 Å². The summed E-state index contributed by atoms with van der Waals surface area (Å²) < 4.78 is 24.1. The number of amides is 4. The van der Waals surface area contributed by atoms with Crippen LogP contribution in [0.5, 0.6) is 0 Å². The number of imide groups is 1. The van der Waals surface area contributed by atoms with Crippen molar-refractivity contribution < 1.29 is 22.8 Å². The van der Waals surface area contributed by atoms with Gasteiger partial charge in [0.15, 0.2) is 9.84 Å². The number of nitrogens with zero attached hydrogens (tertiary/aromatic N) is 3. The predicted octanol–water partition coefficient (Wildman–Crippen LogP) is 2.86. The molecule has 2 aliphatic rings. The van der Waals surface area contributed by atoms with Crippen molar-refractivity contribution in [1.29, 1.82) is 0 Å². The van der Waals surface area contributed by atoms with E-state index in [1.165, 1.54) is 4.90 Å². The first-order valence-corrected chi connectivity index (χ1v) is 13.7. The van der Waals surface area contributed by atoms with Crippen molar-refractivity contribution >= 4 is 27.7 Å². The summed E-state index contributed by atoms with van der Waals surface area (Å²) in [6, 6.07) is 16.7. The maximum atomic E-state index is 13.5. The highest BCUT2D eigenvalue weighted by atomic mass is 32.2. The second-order valence-electron chi connectivity index (χ2n) is 9.63. The van der Waals surface area contributed by atoms with Crippen LogP contribution in [0, 0.1) is 5.92 Å². The third-order valence-electron chi connectivity index (χ3n) is 6.42. The minimum absolute atomic E-state index is 0.0437. The molecule has 9 heteroatoms. The lowest BCUT2D eigenvalue weighted by Crippen LogP contribution is -2.49. The van der Waals surface area contributed by atoms with Crippen molar-refractivity contribution in [1.82, 2.24) is 14.7 Å².